The first-order valence-electron chi connectivity index (χ1n) is 14.5. The van der Waals surface area contributed by atoms with Crippen molar-refractivity contribution in [3.05, 3.63) is 117 Å². The third-order valence-corrected chi connectivity index (χ3v) is 10.7. The Morgan fingerprint density at radius 2 is 0.745 bits per heavy atom. The van der Waals surface area contributed by atoms with Crippen molar-refractivity contribution < 1.29 is 33.4 Å². The number of carbonyl (C=O) groups excluding carboxylic acids is 4. The molecule has 0 amide bonds. The van der Waals surface area contributed by atoms with Gasteiger partial charge < -0.3 is 14.2 Å². The van der Waals surface area contributed by atoms with Gasteiger partial charge in [0.05, 0.1) is 35.5 Å². The van der Waals surface area contributed by atoms with Gasteiger partial charge in [-0.15, -0.1) is 45.3 Å². The summed E-state index contributed by atoms with van der Waals surface area (Å²) in [5.41, 5.74) is 2.72. The average molecular weight is 699 g/mol. The Balaban J connectivity index is 1.47. The number of thiophene rings is 4. The maximum Gasteiger partial charge on any atom is 0.346 e. The van der Waals surface area contributed by atoms with Gasteiger partial charge in [0.2, 0.25) is 0 Å². The molecule has 0 aliphatic heterocycles. The molecule has 0 atom stereocenters. The van der Waals surface area contributed by atoms with Crippen LogP contribution in [0.15, 0.2) is 94.3 Å². The van der Waals surface area contributed by atoms with Gasteiger partial charge in [-0.25, -0.2) is 19.2 Å². The highest BCUT2D eigenvalue weighted by Gasteiger charge is 2.28. The Bertz CT molecular complexity index is 1890. The molecule has 2 aromatic carbocycles. The van der Waals surface area contributed by atoms with E-state index >= 15 is 0 Å². The maximum absolute atomic E-state index is 14.0. The molecule has 0 N–H and O–H groups in total. The monoisotopic (exact) mass is 698 g/mol. The predicted octanol–water partition coefficient (Wildman–Crippen LogP) is 9.95. The van der Waals surface area contributed by atoms with E-state index in [9.17, 15) is 19.2 Å². The molecule has 0 bridgehead atoms. The minimum absolute atomic E-state index is 0.122. The summed E-state index contributed by atoms with van der Waals surface area (Å²) in [4.78, 5) is 57.2. The van der Waals surface area contributed by atoms with E-state index in [1.165, 1.54) is 45.3 Å². The lowest BCUT2D eigenvalue weighted by atomic mass is 9.95. The molecule has 0 aliphatic carbocycles. The number of benzene rings is 2. The molecule has 0 unspecified atom stereocenters. The highest BCUT2D eigenvalue weighted by molar-refractivity contribution is 7.14. The summed E-state index contributed by atoms with van der Waals surface area (Å²) < 4.78 is 16.4. The van der Waals surface area contributed by atoms with Crippen molar-refractivity contribution in [3.63, 3.8) is 0 Å². The van der Waals surface area contributed by atoms with Crippen LogP contribution in [0.25, 0.3) is 41.8 Å². The molecule has 4 heterocycles. The zero-order chi connectivity index (χ0) is 32.9. The fourth-order valence-electron chi connectivity index (χ4n) is 5.03. The lowest BCUT2D eigenvalue weighted by Crippen LogP contribution is -2.17. The number of hydrogen-bond donors (Lipinski definition) is 0. The van der Waals surface area contributed by atoms with Crippen LogP contribution in [0.3, 0.4) is 0 Å². The first-order chi connectivity index (χ1) is 22.9. The number of ether oxygens (including phenoxy) is 3. The molecule has 0 saturated heterocycles. The third kappa shape index (κ3) is 6.75. The molecule has 236 valence electrons. The van der Waals surface area contributed by atoms with Crippen LogP contribution >= 0.6 is 45.3 Å². The molecule has 11 heteroatoms. The van der Waals surface area contributed by atoms with Crippen molar-refractivity contribution in [2.75, 3.05) is 13.2 Å². The average Bonchev–Trinajstić information content (AvgIpc) is 3.92. The second kappa shape index (κ2) is 14.4. The summed E-state index contributed by atoms with van der Waals surface area (Å²) >= 11 is 5.59. The van der Waals surface area contributed by atoms with Gasteiger partial charge in [0.1, 0.15) is 0 Å². The van der Waals surface area contributed by atoms with Crippen LogP contribution in [0, 0.1) is 0 Å². The number of esters is 4. The molecule has 6 aromatic rings. The second-order valence-corrected chi connectivity index (χ2v) is 13.7. The van der Waals surface area contributed by atoms with Crippen LogP contribution in [0.4, 0.5) is 0 Å². The molecule has 0 spiro atoms. The summed E-state index contributed by atoms with van der Waals surface area (Å²) in [5, 5.41) is 7.46. The first-order valence-corrected chi connectivity index (χ1v) is 18.0. The summed E-state index contributed by atoms with van der Waals surface area (Å²) in [6.07, 6.45) is 0. The zero-order valence-electron chi connectivity index (χ0n) is 25.1. The largest absolute Gasteiger partial charge is 0.462 e. The van der Waals surface area contributed by atoms with Crippen molar-refractivity contribution in [3.8, 4) is 41.8 Å². The Hall–Kier alpha value is -4.68. The first kappa shape index (κ1) is 32.3. The smallest absolute Gasteiger partial charge is 0.346 e. The quantitative estimate of drug-likeness (QED) is 0.0798. The molecular formula is C36H26O7S4. The molecule has 4 aromatic heterocycles. The minimum atomic E-state index is -0.879. The lowest BCUT2D eigenvalue weighted by molar-refractivity contribution is 0.0395. The van der Waals surface area contributed by atoms with E-state index < -0.39 is 23.9 Å². The van der Waals surface area contributed by atoms with Gasteiger partial charge >= 0.3 is 23.9 Å². The molecule has 0 saturated carbocycles. The fraction of sp³-hybridized carbons (Fsp3) is 0.111. The lowest BCUT2D eigenvalue weighted by Gasteiger charge is -2.16. The second-order valence-electron chi connectivity index (χ2n) is 9.91. The van der Waals surface area contributed by atoms with Crippen molar-refractivity contribution in [2.24, 2.45) is 0 Å². The van der Waals surface area contributed by atoms with Gasteiger partial charge in [0.25, 0.3) is 0 Å². The zero-order valence-corrected chi connectivity index (χ0v) is 28.4. The van der Waals surface area contributed by atoms with Gasteiger partial charge in [0.15, 0.2) is 0 Å². The van der Waals surface area contributed by atoms with Crippen LogP contribution < -0.4 is 0 Å². The van der Waals surface area contributed by atoms with E-state index in [4.69, 9.17) is 14.2 Å². The van der Waals surface area contributed by atoms with Crippen molar-refractivity contribution in [1.82, 2.24) is 0 Å². The van der Waals surface area contributed by atoms with Crippen LogP contribution in [-0.2, 0) is 14.2 Å². The number of carbonyl (C=O) groups is 4. The predicted molar refractivity (Wildman–Crippen MR) is 188 cm³/mol. The molecule has 47 heavy (non-hydrogen) atoms. The SMILES string of the molecule is CCOC(=O)c1cc(-c2cccs2)c(C(=O)OC(=O)c2cc(-c3cccs3)c(C(=O)OCC)cc2-c2cccs2)cc1-c1cccs1. The van der Waals surface area contributed by atoms with Crippen molar-refractivity contribution in [1.29, 1.82) is 0 Å². The molecule has 7 nitrogen and oxygen atoms in total. The Morgan fingerprint density at radius 3 is 0.979 bits per heavy atom. The number of rotatable bonds is 10. The Morgan fingerprint density at radius 1 is 0.468 bits per heavy atom. The summed E-state index contributed by atoms with van der Waals surface area (Å²) in [6, 6.07) is 21.1. The summed E-state index contributed by atoms with van der Waals surface area (Å²) in [5.74, 6) is -2.80. The molecule has 0 aliphatic rings. The van der Waals surface area contributed by atoms with Crippen molar-refractivity contribution in [2.45, 2.75) is 13.8 Å². The molecular weight excluding hydrogens is 673 g/mol. The van der Waals surface area contributed by atoms with Crippen molar-refractivity contribution >= 4 is 69.2 Å². The molecule has 0 fully saturated rings. The van der Waals surface area contributed by atoms with Gasteiger partial charge in [0, 0.05) is 41.8 Å². The molecule has 0 radical (unpaired) electrons. The van der Waals surface area contributed by atoms with Crippen LogP contribution in [0.2, 0.25) is 0 Å². The summed E-state index contributed by atoms with van der Waals surface area (Å²) in [7, 11) is 0. The third-order valence-electron chi connectivity index (χ3n) is 7.08. The normalized spacial score (nSPS) is 10.9. The van der Waals surface area contributed by atoms with Crippen LogP contribution in [-0.4, -0.2) is 37.1 Å². The number of hydrogen-bond acceptors (Lipinski definition) is 11. The van der Waals surface area contributed by atoms with Gasteiger partial charge in [-0.1, -0.05) is 24.3 Å². The Labute approximate surface area is 286 Å². The topological polar surface area (TPSA) is 96.0 Å². The van der Waals surface area contributed by atoms with E-state index in [-0.39, 0.29) is 24.3 Å². The minimum Gasteiger partial charge on any atom is -0.462 e. The standard InChI is InChI=1S/C36H26O7S4/c1-3-41-33(37)25-17-23(31-11-7-15-46-31)27(19-21(25)29-9-5-13-44-29)35(39)43-36(40)28-20-22(30-10-6-14-45-30)26(34(38)42-4-2)18-24(28)32-12-8-16-47-32/h5-20H,3-4H2,1-2H3. The fourth-order valence-corrected chi connectivity index (χ4v) is 8.06. The highest BCUT2D eigenvalue weighted by atomic mass is 32.1. The van der Waals surface area contributed by atoms with Gasteiger partial charge in [-0.2, -0.15) is 0 Å². The van der Waals surface area contributed by atoms with Crippen LogP contribution in [0.5, 0.6) is 0 Å². The van der Waals surface area contributed by atoms with E-state index in [0.29, 0.717) is 43.1 Å². The van der Waals surface area contributed by atoms with Gasteiger partial charge in [-0.3, -0.25) is 0 Å². The van der Waals surface area contributed by atoms with E-state index in [2.05, 4.69) is 0 Å². The van der Waals surface area contributed by atoms with Gasteiger partial charge in [-0.05, 0) is 83.9 Å². The Kier molecular flexibility index (Phi) is 9.88. The van der Waals surface area contributed by atoms with E-state index in [1.54, 1.807) is 38.1 Å². The van der Waals surface area contributed by atoms with E-state index in [0.717, 1.165) is 9.75 Å². The highest BCUT2D eigenvalue weighted by Crippen LogP contribution is 2.39. The molecule has 6 rings (SSSR count). The van der Waals surface area contributed by atoms with Crippen LogP contribution in [0.1, 0.15) is 55.3 Å². The summed E-state index contributed by atoms with van der Waals surface area (Å²) in [6.45, 7) is 3.83. The van der Waals surface area contributed by atoms with E-state index in [1.807, 2.05) is 70.1 Å². The maximum atomic E-state index is 14.0.